The number of methoxy groups -OCH3 is 1. The molecule has 34 heavy (non-hydrogen) atoms. The summed E-state index contributed by atoms with van der Waals surface area (Å²) in [4.78, 5) is 54.9. The Kier molecular flexibility index (Phi) is 6.06. The number of hydrogen-bond donors (Lipinski definition) is 2. The molecule has 3 aromatic rings. The zero-order valence-corrected chi connectivity index (χ0v) is 19.1. The van der Waals surface area contributed by atoms with E-state index in [1.165, 1.54) is 0 Å². The third-order valence-corrected chi connectivity index (χ3v) is 5.95. The van der Waals surface area contributed by atoms with E-state index in [9.17, 15) is 19.2 Å². The molecule has 0 unspecified atom stereocenters. The van der Waals surface area contributed by atoms with Gasteiger partial charge in [-0.3, -0.25) is 24.4 Å². The molecule has 10 heteroatoms. The predicted molar refractivity (Wildman–Crippen MR) is 124 cm³/mol. The summed E-state index contributed by atoms with van der Waals surface area (Å²) in [5, 5.41) is 3.26. The Morgan fingerprint density at radius 1 is 1.12 bits per heavy atom. The lowest BCUT2D eigenvalue weighted by Crippen LogP contribution is -2.48. The molecule has 0 bridgehead atoms. The maximum atomic E-state index is 13.3. The number of carbonyl (C=O) groups excluding carboxylic acids is 3. The van der Waals surface area contributed by atoms with Gasteiger partial charge < -0.3 is 10.1 Å². The number of hydrogen-bond acceptors (Lipinski definition) is 6. The highest BCUT2D eigenvalue weighted by Gasteiger charge is 2.47. The molecule has 10 nitrogen and oxygen atoms in total. The molecule has 1 atom stereocenters. The van der Waals surface area contributed by atoms with Crippen LogP contribution < -0.4 is 21.0 Å². The van der Waals surface area contributed by atoms with Crippen molar-refractivity contribution in [3.8, 4) is 11.4 Å². The number of nitrogens with zero attached hydrogens (tertiary/aromatic N) is 3. The number of aryl methyl sites for hydroxylation is 1. The molecule has 4 rings (SSSR count). The Morgan fingerprint density at radius 3 is 2.47 bits per heavy atom. The van der Waals surface area contributed by atoms with Gasteiger partial charge in [0.25, 0.3) is 11.5 Å². The van der Waals surface area contributed by atoms with Crippen molar-refractivity contribution in [1.29, 1.82) is 0 Å². The van der Waals surface area contributed by atoms with Crippen LogP contribution in [0.3, 0.4) is 0 Å². The minimum absolute atomic E-state index is 0.0281. The Balaban J connectivity index is 1.59. The second-order valence-electron chi connectivity index (χ2n) is 8.18. The molecule has 0 saturated carbocycles. The summed E-state index contributed by atoms with van der Waals surface area (Å²) < 4.78 is 6.74. The number of rotatable bonds is 7. The van der Waals surface area contributed by atoms with Gasteiger partial charge in [-0.1, -0.05) is 19.1 Å². The monoisotopic (exact) mass is 463 g/mol. The summed E-state index contributed by atoms with van der Waals surface area (Å²) in [7, 11) is 1.56. The van der Waals surface area contributed by atoms with E-state index >= 15 is 0 Å². The predicted octanol–water partition coefficient (Wildman–Crippen LogP) is 2.08. The van der Waals surface area contributed by atoms with Crippen molar-refractivity contribution < 1.29 is 19.1 Å². The van der Waals surface area contributed by atoms with Crippen molar-refractivity contribution in [3.05, 3.63) is 64.6 Å². The minimum atomic E-state index is -1.06. The number of aromatic nitrogens is 2. The highest BCUT2D eigenvalue weighted by atomic mass is 16.5. The van der Waals surface area contributed by atoms with Crippen LogP contribution in [0.1, 0.15) is 32.4 Å². The first-order chi connectivity index (χ1) is 16.3. The van der Waals surface area contributed by atoms with Crippen LogP contribution in [0.4, 0.5) is 4.79 Å². The number of benzene rings is 2. The van der Waals surface area contributed by atoms with Crippen LogP contribution in [0.5, 0.6) is 5.75 Å². The number of ether oxygens (including phenoxy) is 1. The topological polar surface area (TPSA) is 123 Å². The molecule has 1 aromatic heterocycles. The second-order valence-corrected chi connectivity index (χ2v) is 8.18. The number of carbonyl (C=O) groups is 3. The molecule has 2 heterocycles. The number of urea groups is 1. The molecular weight excluding hydrogens is 438 g/mol. The standard InChI is InChI=1S/C24H25N5O5/c1-4-24(2)22(32)29(23(33)26-24)27-20(30)14-13-18-21(31)28(15-9-11-16(34-3)12-10-15)19-8-6-5-7-17(19)25-18/h5-12H,4,13-14H2,1-3H3,(H,26,33)(H,27,30)/t24-/m0/s1. The lowest BCUT2D eigenvalue weighted by molar-refractivity contribution is -0.138. The van der Waals surface area contributed by atoms with Gasteiger partial charge in [0.1, 0.15) is 17.0 Å². The summed E-state index contributed by atoms with van der Waals surface area (Å²) in [6.45, 7) is 3.36. The van der Waals surface area contributed by atoms with Gasteiger partial charge in [0, 0.05) is 18.5 Å². The van der Waals surface area contributed by atoms with Gasteiger partial charge >= 0.3 is 6.03 Å². The van der Waals surface area contributed by atoms with Crippen molar-refractivity contribution in [2.75, 3.05) is 7.11 Å². The van der Waals surface area contributed by atoms with Crippen LogP contribution in [0.2, 0.25) is 0 Å². The summed E-state index contributed by atoms with van der Waals surface area (Å²) in [6, 6.07) is 13.6. The Hall–Kier alpha value is -4.21. The lowest BCUT2D eigenvalue weighted by atomic mass is 10.00. The SMILES string of the molecule is CC[C@]1(C)NC(=O)N(NC(=O)CCc2nc3ccccc3n(-c3ccc(OC)cc3)c2=O)C1=O. The largest absolute Gasteiger partial charge is 0.497 e. The normalized spacial score (nSPS) is 17.7. The number of para-hydroxylation sites is 2. The van der Waals surface area contributed by atoms with Crippen molar-refractivity contribution in [2.24, 2.45) is 0 Å². The third-order valence-electron chi connectivity index (χ3n) is 5.95. The number of hydrazine groups is 1. The second kappa shape index (κ2) is 8.97. The van der Waals surface area contributed by atoms with E-state index in [2.05, 4.69) is 15.7 Å². The van der Waals surface area contributed by atoms with Gasteiger partial charge in [-0.05, 0) is 49.7 Å². The molecule has 1 saturated heterocycles. The molecule has 1 fully saturated rings. The van der Waals surface area contributed by atoms with E-state index in [1.54, 1.807) is 61.9 Å². The van der Waals surface area contributed by atoms with E-state index in [-0.39, 0.29) is 24.1 Å². The van der Waals surface area contributed by atoms with Gasteiger partial charge in [0.15, 0.2) is 0 Å². The number of amides is 4. The average Bonchev–Trinajstić information content (AvgIpc) is 3.06. The molecule has 4 amide bonds. The molecule has 176 valence electrons. The van der Waals surface area contributed by atoms with Crippen molar-refractivity contribution in [1.82, 2.24) is 25.3 Å². The Labute approximate surface area is 195 Å². The van der Waals surface area contributed by atoms with Crippen LogP contribution in [-0.4, -0.2) is 45.1 Å². The van der Waals surface area contributed by atoms with E-state index in [0.29, 0.717) is 33.9 Å². The summed E-state index contributed by atoms with van der Waals surface area (Å²) >= 11 is 0. The summed E-state index contributed by atoms with van der Waals surface area (Å²) in [6.07, 6.45) is 0.277. The smallest absolute Gasteiger partial charge is 0.344 e. The van der Waals surface area contributed by atoms with Gasteiger partial charge in [0.05, 0.1) is 18.1 Å². The van der Waals surface area contributed by atoms with Crippen LogP contribution >= 0.6 is 0 Å². The Morgan fingerprint density at radius 2 is 1.82 bits per heavy atom. The van der Waals surface area contributed by atoms with Crippen LogP contribution in [0, 0.1) is 0 Å². The van der Waals surface area contributed by atoms with Crippen LogP contribution in [-0.2, 0) is 16.0 Å². The lowest BCUT2D eigenvalue weighted by Gasteiger charge is -2.19. The van der Waals surface area contributed by atoms with E-state index in [4.69, 9.17) is 4.74 Å². The fourth-order valence-electron chi connectivity index (χ4n) is 3.77. The molecular formula is C24H25N5O5. The molecule has 2 N–H and O–H groups in total. The molecule has 0 aliphatic carbocycles. The fraction of sp³-hybridized carbons (Fsp3) is 0.292. The van der Waals surface area contributed by atoms with Gasteiger partial charge in [-0.25, -0.2) is 9.78 Å². The first-order valence-electron chi connectivity index (χ1n) is 10.9. The number of nitrogens with one attached hydrogen (secondary N) is 2. The van der Waals surface area contributed by atoms with Gasteiger partial charge in [-0.15, -0.1) is 0 Å². The minimum Gasteiger partial charge on any atom is -0.497 e. The van der Waals surface area contributed by atoms with Crippen molar-refractivity contribution >= 4 is 28.9 Å². The van der Waals surface area contributed by atoms with Gasteiger partial charge in [-0.2, -0.15) is 5.01 Å². The third kappa shape index (κ3) is 4.09. The van der Waals surface area contributed by atoms with E-state index in [1.807, 2.05) is 12.1 Å². The fourth-order valence-corrected chi connectivity index (χ4v) is 3.77. The quantitative estimate of drug-likeness (QED) is 0.517. The molecule has 0 radical (unpaired) electrons. The number of fused-ring (bicyclic) bond motifs is 1. The molecule has 0 spiro atoms. The first kappa shape index (κ1) is 23.0. The number of imide groups is 1. The average molecular weight is 463 g/mol. The molecule has 1 aliphatic rings. The van der Waals surface area contributed by atoms with Crippen molar-refractivity contribution in [3.63, 3.8) is 0 Å². The Bertz CT molecular complexity index is 1330. The first-order valence-corrected chi connectivity index (χ1v) is 10.9. The zero-order valence-electron chi connectivity index (χ0n) is 19.1. The zero-order chi connectivity index (χ0) is 24.5. The van der Waals surface area contributed by atoms with E-state index < -0.39 is 23.4 Å². The maximum absolute atomic E-state index is 13.3. The highest BCUT2D eigenvalue weighted by Crippen LogP contribution is 2.20. The van der Waals surface area contributed by atoms with E-state index in [0.717, 1.165) is 0 Å². The molecule has 1 aliphatic heterocycles. The summed E-state index contributed by atoms with van der Waals surface area (Å²) in [5.41, 5.74) is 2.98. The van der Waals surface area contributed by atoms with Gasteiger partial charge in [0.2, 0.25) is 5.91 Å². The maximum Gasteiger partial charge on any atom is 0.344 e. The van der Waals surface area contributed by atoms with Crippen LogP contribution in [0.15, 0.2) is 53.3 Å². The van der Waals surface area contributed by atoms with Crippen LogP contribution in [0.25, 0.3) is 16.7 Å². The highest BCUT2D eigenvalue weighted by molar-refractivity contribution is 6.07. The van der Waals surface area contributed by atoms with Crippen molar-refractivity contribution in [2.45, 2.75) is 38.6 Å². The summed E-state index contributed by atoms with van der Waals surface area (Å²) in [5.74, 6) is -0.444. The molecule has 2 aromatic carbocycles.